The maximum Gasteiger partial charge on any atom is 0.257 e. The third kappa shape index (κ3) is 3.27. The fraction of sp³-hybridized carbons (Fsp3) is 0.417. The highest BCUT2D eigenvalue weighted by atomic mass is 16.5. The van der Waals surface area contributed by atoms with E-state index in [1.807, 2.05) is 0 Å². The van der Waals surface area contributed by atoms with Crippen molar-refractivity contribution in [3.8, 4) is 17.2 Å². The number of hydrogen-bond acceptors (Lipinski definition) is 5. The zero-order valence-electron chi connectivity index (χ0n) is 10.6. The fourth-order valence-corrected chi connectivity index (χ4v) is 1.38. The van der Waals surface area contributed by atoms with Crippen LogP contribution in [0.4, 0.5) is 0 Å². The minimum absolute atomic E-state index is 0.136. The average molecular weight is 255 g/mol. The van der Waals surface area contributed by atoms with E-state index in [-0.39, 0.29) is 19.1 Å². The van der Waals surface area contributed by atoms with Crippen molar-refractivity contribution in [2.75, 3.05) is 27.9 Å². The molecule has 0 aliphatic carbocycles. The molecule has 1 rings (SSSR count). The smallest absolute Gasteiger partial charge is 0.257 e. The molecule has 0 saturated heterocycles. The number of carbonyl (C=O) groups excluding carboxylic acids is 1. The molecule has 1 aromatic rings. The van der Waals surface area contributed by atoms with E-state index in [1.165, 1.54) is 21.3 Å². The van der Waals surface area contributed by atoms with Crippen LogP contribution in [0.3, 0.4) is 0 Å². The molecule has 6 nitrogen and oxygen atoms in total. The van der Waals surface area contributed by atoms with Crippen molar-refractivity contribution < 1.29 is 24.1 Å². The number of aliphatic hydroxyl groups excluding tert-OH is 1. The van der Waals surface area contributed by atoms with E-state index in [1.54, 1.807) is 12.1 Å². The normalized spacial score (nSPS) is 9.78. The molecule has 0 saturated carbocycles. The number of ether oxygens (including phenoxy) is 3. The molecule has 0 unspecified atom stereocenters. The Morgan fingerprint density at radius 1 is 1.28 bits per heavy atom. The van der Waals surface area contributed by atoms with Crippen molar-refractivity contribution in [1.29, 1.82) is 0 Å². The minimum Gasteiger partial charge on any atom is -0.493 e. The molecule has 1 amide bonds. The van der Waals surface area contributed by atoms with E-state index >= 15 is 0 Å². The molecule has 0 heterocycles. The van der Waals surface area contributed by atoms with Crippen molar-refractivity contribution in [3.05, 3.63) is 17.7 Å². The minimum atomic E-state index is -0.259. The van der Waals surface area contributed by atoms with E-state index < -0.39 is 0 Å². The monoisotopic (exact) mass is 255 g/mol. The number of benzene rings is 1. The number of likely N-dealkylation sites (N-methyl/N-ethyl adjacent to an activating group) is 1. The van der Waals surface area contributed by atoms with Gasteiger partial charge in [0, 0.05) is 7.05 Å². The Morgan fingerprint density at radius 2 is 1.83 bits per heavy atom. The predicted molar refractivity (Wildman–Crippen MR) is 65.0 cm³/mol. The van der Waals surface area contributed by atoms with Gasteiger partial charge in [-0.2, -0.15) is 0 Å². The van der Waals surface area contributed by atoms with Crippen molar-refractivity contribution in [2.45, 2.75) is 6.61 Å². The number of rotatable bonds is 6. The molecule has 0 spiro atoms. The summed E-state index contributed by atoms with van der Waals surface area (Å²) in [6.45, 7) is -0.274. The van der Waals surface area contributed by atoms with E-state index in [0.717, 1.165) is 0 Å². The molecule has 0 aliphatic rings. The Bertz CT molecular complexity index is 394. The van der Waals surface area contributed by atoms with E-state index in [9.17, 15) is 4.79 Å². The first-order valence-corrected chi connectivity index (χ1v) is 5.35. The average Bonchev–Trinajstić information content (AvgIpc) is 2.43. The van der Waals surface area contributed by atoms with Gasteiger partial charge in [0.05, 0.1) is 20.8 Å². The zero-order chi connectivity index (χ0) is 13.5. The second-order valence-corrected chi connectivity index (χ2v) is 3.45. The van der Waals surface area contributed by atoms with Crippen LogP contribution in [0.15, 0.2) is 12.1 Å². The van der Waals surface area contributed by atoms with Crippen LogP contribution in [-0.4, -0.2) is 38.9 Å². The van der Waals surface area contributed by atoms with Gasteiger partial charge in [0.2, 0.25) is 5.75 Å². The Morgan fingerprint density at radius 3 is 2.22 bits per heavy atom. The molecule has 18 heavy (non-hydrogen) atoms. The van der Waals surface area contributed by atoms with Crippen LogP contribution in [0.25, 0.3) is 0 Å². The molecule has 0 aliphatic heterocycles. The van der Waals surface area contributed by atoms with Gasteiger partial charge < -0.3 is 24.6 Å². The number of methoxy groups -OCH3 is 2. The standard InChI is InChI=1S/C12H17NO5/c1-13-11(15)7-18-12-9(16-2)4-8(6-14)5-10(12)17-3/h4-5,14H,6-7H2,1-3H3,(H,13,15). The molecule has 0 atom stereocenters. The number of carbonyl (C=O) groups is 1. The second kappa shape index (κ2) is 6.70. The Hall–Kier alpha value is -1.95. The second-order valence-electron chi connectivity index (χ2n) is 3.45. The highest BCUT2D eigenvalue weighted by Gasteiger charge is 2.15. The van der Waals surface area contributed by atoms with Crippen LogP contribution in [-0.2, 0) is 11.4 Å². The van der Waals surface area contributed by atoms with Crippen LogP contribution in [0, 0.1) is 0 Å². The van der Waals surface area contributed by atoms with Crippen molar-refractivity contribution in [1.82, 2.24) is 5.32 Å². The summed E-state index contributed by atoms with van der Waals surface area (Å²) < 4.78 is 15.7. The summed E-state index contributed by atoms with van der Waals surface area (Å²) in [4.78, 5) is 11.1. The molecule has 2 N–H and O–H groups in total. The number of amides is 1. The van der Waals surface area contributed by atoms with Gasteiger partial charge in [-0.05, 0) is 17.7 Å². The lowest BCUT2D eigenvalue weighted by Gasteiger charge is -2.15. The van der Waals surface area contributed by atoms with Gasteiger partial charge in [-0.1, -0.05) is 0 Å². The summed E-state index contributed by atoms with van der Waals surface area (Å²) in [7, 11) is 4.47. The fourth-order valence-electron chi connectivity index (χ4n) is 1.38. The number of hydrogen-bond donors (Lipinski definition) is 2. The van der Waals surface area contributed by atoms with Gasteiger partial charge in [0.15, 0.2) is 18.1 Å². The van der Waals surface area contributed by atoms with E-state index in [2.05, 4.69) is 5.32 Å². The summed E-state index contributed by atoms with van der Waals surface area (Å²) in [6, 6.07) is 3.25. The first-order chi connectivity index (χ1) is 8.65. The third-order valence-electron chi connectivity index (χ3n) is 2.33. The molecule has 0 fully saturated rings. The summed E-state index contributed by atoms with van der Waals surface area (Å²) in [6.07, 6.45) is 0. The highest BCUT2D eigenvalue weighted by molar-refractivity contribution is 5.77. The first-order valence-electron chi connectivity index (χ1n) is 5.35. The van der Waals surface area contributed by atoms with Crippen LogP contribution in [0.2, 0.25) is 0 Å². The highest BCUT2D eigenvalue weighted by Crippen LogP contribution is 2.38. The van der Waals surface area contributed by atoms with Gasteiger partial charge in [0.25, 0.3) is 5.91 Å². The largest absolute Gasteiger partial charge is 0.493 e. The van der Waals surface area contributed by atoms with E-state index in [0.29, 0.717) is 22.8 Å². The maximum absolute atomic E-state index is 11.1. The lowest BCUT2D eigenvalue weighted by molar-refractivity contribution is -0.122. The Balaban J connectivity index is 3.03. The molecule has 6 heteroatoms. The molecule has 0 bridgehead atoms. The Kier molecular flexibility index (Phi) is 5.26. The summed E-state index contributed by atoms with van der Waals surface area (Å²) in [5, 5.41) is 11.6. The number of aliphatic hydroxyl groups is 1. The molecule has 100 valence electrons. The Labute approximate surface area is 105 Å². The van der Waals surface area contributed by atoms with Gasteiger partial charge in [0.1, 0.15) is 0 Å². The van der Waals surface area contributed by atoms with Crippen molar-refractivity contribution in [3.63, 3.8) is 0 Å². The molecular weight excluding hydrogens is 238 g/mol. The predicted octanol–water partition coefficient (Wildman–Crippen LogP) is 0.321. The van der Waals surface area contributed by atoms with Crippen LogP contribution < -0.4 is 19.5 Å². The lowest BCUT2D eigenvalue weighted by atomic mass is 10.2. The summed E-state index contributed by atoms with van der Waals surface area (Å²) in [5.74, 6) is 0.885. The van der Waals surface area contributed by atoms with Crippen molar-refractivity contribution >= 4 is 5.91 Å². The zero-order valence-corrected chi connectivity index (χ0v) is 10.6. The van der Waals surface area contributed by atoms with Gasteiger partial charge in [-0.15, -0.1) is 0 Å². The topological polar surface area (TPSA) is 77.0 Å². The van der Waals surface area contributed by atoms with Gasteiger partial charge >= 0.3 is 0 Å². The van der Waals surface area contributed by atoms with Crippen LogP contribution in [0.5, 0.6) is 17.2 Å². The first kappa shape index (κ1) is 14.1. The quantitative estimate of drug-likeness (QED) is 0.765. The third-order valence-corrected chi connectivity index (χ3v) is 2.33. The number of nitrogens with one attached hydrogen (secondary N) is 1. The summed E-state index contributed by atoms with van der Waals surface area (Å²) >= 11 is 0. The maximum atomic E-state index is 11.1. The van der Waals surface area contributed by atoms with Gasteiger partial charge in [-0.3, -0.25) is 4.79 Å². The van der Waals surface area contributed by atoms with Crippen LogP contribution >= 0.6 is 0 Å². The van der Waals surface area contributed by atoms with Crippen molar-refractivity contribution in [2.24, 2.45) is 0 Å². The SMILES string of the molecule is CNC(=O)COc1c(OC)cc(CO)cc1OC. The summed E-state index contributed by atoms with van der Waals surface area (Å²) in [5.41, 5.74) is 0.635. The van der Waals surface area contributed by atoms with E-state index in [4.69, 9.17) is 19.3 Å². The molecule has 0 radical (unpaired) electrons. The van der Waals surface area contributed by atoms with Gasteiger partial charge in [-0.25, -0.2) is 0 Å². The van der Waals surface area contributed by atoms with Crippen LogP contribution in [0.1, 0.15) is 5.56 Å². The molecular formula is C12H17NO5. The molecule has 1 aromatic carbocycles. The lowest BCUT2D eigenvalue weighted by Crippen LogP contribution is -2.25. The molecule has 0 aromatic heterocycles.